The summed E-state index contributed by atoms with van der Waals surface area (Å²) in [5.41, 5.74) is 2.07. The normalized spacial score (nSPS) is 20.2. The molecule has 0 aliphatic carbocycles. The third kappa shape index (κ3) is 3.00. The van der Waals surface area contributed by atoms with Crippen LogP contribution in [0.15, 0.2) is 47.8 Å². The number of aromatic amines is 1. The molecule has 148 valence electrons. The zero-order valence-electron chi connectivity index (χ0n) is 16.0. The maximum Gasteiger partial charge on any atom is 0.261 e. The summed E-state index contributed by atoms with van der Waals surface area (Å²) >= 11 is 0. The first-order chi connectivity index (χ1) is 14.1. The summed E-state index contributed by atoms with van der Waals surface area (Å²) in [6.45, 7) is 1.83. The highest BCUT2D eigenvalue weighted by Crippen LogP contribution is 2.36. The van der Waals surface area contributed by atoms with Gasteiger partial charge in [-0.1, -0.05) is 0 Å². The molecule has 0 saturated carbocycles. The number of nitrogens with zero attached hydrogens (tertiary/aromatic N) is 4. The lowest BCUT2D eigenvalue weighted by Crippen LogP contribution is -2.49. The molecule has 3 aromatic heterocycles. The van der Waals surface area contributed by atoms with Crippen LogP contribution in [0.3, 0.4) is 0 Å². The van der Waals surface area contributed by atoms with Crippen LogP contribution in [0, 0.1) is 5.92 Å². The average Bonchev–Trinajstić information content (AvgIpc) is 3.28. The number of amides is 1. The van der Waals surface area contributed by atoms with Gasteiger partial charge in [0, 0.05) is 49.8 Å². The van der Waals surface area contributed by atoms with Crippen molar-refractivity contribution in [1.29, 1.82) is 0 Å². The lowest BCUT2D eigenvalue weighted by atomic mass is 9.82. The summed E-state index contributed by atoms with van der Waals surface area (Å²) in [6, 6.07) is 5.55. The van der Waals surface area contributed by atoms with E-state index in [1.54, 1.807) is 38.0 Å². The Kier molecular flexibility index (Phi) is 4.19. The maximum atomic E-state index is 13.1. The molecule has 0 radical (unpaired) electrons. The lowest BCUT2D eigenvalue weighted by Gasteiger charge is -2.42. The third-order valence-electron chi connectivity index (χ3n) is 5.84. The number of methoxy groups -OCH3 is 1. The quantitative estimate of drug-likeness (QED) is 0.736. The predicted molar refractivity (Wildman–Crippen MR) is 106 cm³/mol. The number of fused-ring (bicyclic) bond motifs is 4. The van der Waals surface area contributed by atoms with Crippen molar-refractivity contribution in [2.75, 3.05) is 20.2 Å². The van der Waals surface area contributed by atoms with Crippen LogP contribution in [0.25, 0.3) is 11.4 Å². The molecule has 8 heteroatoms. The van der Waals surface area contributed by atoms with Gasteiger partial charge in [-0.3, -0.25) is 14.6 Å². The second kappa shape index (κ2) is 6.88. The van der Waals surface area contributed by atoms with Crippen LogP contribution in [-0.2, 0) is 6.54 Å². The van der Waals surface area contributed by atoms with E-state index in [1.165, 1.54) is 0 Å². The van der Waals surface area contributed by atoms with Crippen molar-refractivity contribution < 1.29 is 9.53 Å². The van der Waals surface area contributed by atoms with Crippen molar-refractivity contribution in [3.63, 3.8) is 0 Å². The van der Waals surface area contributed by atoms with Crippen molar-refractivity contribution in [2.24, 2.45) is 5.92 Å². The largest absolute Gasteiger partial charge is 0.495 e. The Morgan fingerprint density at radius 2 is 2.14 bits per heavy atom. The summed E-state index contributed by atoms with van der Waals surface area (Å²) < 4.78 is 7.06. The van der Waals surface area contributed by atoms with Gasteiger partial charge in [-0.2, -0.15) is 0 Å². The molecule has 2 bridgehead atoms. The molecule has 29 heavy (non-hydrogen) atoms. The molecule has 2 atom stereocenters. The molecule has 5 heterocycles. The van der Waals surface area contributed by atoms with Crippen molar-refractivity contribution in [3.05, 3.63) is 64.6 Å². The van der Waals surface area contributed by atoms with E-state index < -0.39 is 0 Å². The second-order valence-electron chi connectivity index (χ2n) is 7.65. The molecule has 1 N–H and O–H groups in total. The smallest absolute Gasteiger partial charge is 0.261 e. The fourth-order valence-electron chi connectivity index (χ4n) is 4.53. The molecule has 1 saturated heterocycles. The zero-order valence-corrected chi connectivity index (χ0v) is 16.0. The Balaban J connectivity index is 1.44. The first-order valence-corrected chi connectivity index (χ1v) is 9.66. The molecule has 5 rings (SSSR count). The molecule has 2 aliphatic rings. The fourth-order valence-corrected chi connectivity index (χ4v) is 4.53. The minimum Gasteiger partial charge on any atom is -0.495 e. The molecule has 0 aromatic carbocycles. The second-order valence-corrected chi connectivity index (χ2v) is 7.65. The molecular weight excluding hydrogens is 370 g/mol. The van der Waals surface area contributed by atoms with E-state index in [1.807, 2.05) is 21.6 Å². The molecule has 1 fully saturated rings. The van der Waals surface area contributed by atoms with Crippen LogP contribution in [0.2, 0.25) is 0 Å². The standard InChI is InChI=1S/C21H21N5O3/c1-29-16-7-14(8-22-9-16)20(27)25-10-13-6-15(12-25)18-3-2-17(19-23-4-5-24-19)21(28)26(18)11-13/h2-5,7-9,13,15H,6,10-12H2,1H3,(H,23,24)/t13-,15+/m0/s1. The van der Waals surface area contributed by atoms with E-state index in [4.69, 9.17) is 4.74 Å². The molecule has 0 unspecified atom stereocenters. The number of nitrogens with one attached hydrogen (secondary N) is 1. The van der Waals surface area contributed by atoms with Gasteiger partial charge in [0.05, 0.1) is 24.4 Å². The topological polar surface area (TPSA) is 93.1 Å². The highest BCUT2D eigenvalue weighted by Gasteiger charge is 2.37. The number of hydrogen-bond acceptors (Lipinski definition) is 5. The van der Waals surface area contributed by atoms with Crippen LogP contribution in [0.1, 0.15) is 28.4 Å². The van der Waals surface area contributed by atoms with Crippen molar-refractivity contribution in [3.8, 4) is 17.1 Å². The molecular formula is C21H21N5O3. The first-order valence-electron chi connectivity index (χ1n) is 9.66. The van der Waals surface area contributed by atoms with Crippen molar-refractivity contribution in [1.82, 2.24) is 24.4 Å². The fraction of sp³-hybridized carbons (Fsp3) is 0.333. The Hall–Kier alpha value is -3.42. The van der Waals surface area contributed by atoms with Crippen molar-refractivity contribution >= 4 is 5.91 Å². The third-order valence-corrected chi connectivity index (χ3v) is 5.84. The summed E-state index contributed by atoms with van der Waals surface area (Å²) in [5, 5.41) is 0. The van der Waals surface area contributed by atoms with Gasteiger partial charge in [0.25, 0.3) is 11.5 Å². The minimum atomic E-state index is -0.0471. The Bertz CT molecular complexity index is 1120. The highest BCUT2D eigenvalue weighted by atomic mass is 16.5. The van der Waals surface area contributed by atoms with Gasteiger partial charge in [0.2, 0.25) is 0 Å². The van der Waals surface area contributed by atoms with E-state index in [-0.39, 0.29) is 23.3 Å². The number of pyridine rings is 2. The zero-order chi connectivity index (χ0) is 20.0. The Morgan fingerprint density at radius 1 is 1.24 bits per heavy atom. The lowest BCUT2D eigenvalue weighted by molar-refractivity contribution is 0.0594. The van der Waals surface area contributed by atoms with E-state index >= 15 is 0 Å². The molecule has 3 aromatic rings. The van der Waals surface area contributed by atoms with Gasteiger partial charge < -0.3 is 19.2 Å². The van der Waals surface area contributed by atoms with Crippen LogP contribution < -0.4 is 10.3 Å². The number of likely N-dealkylation sites (tertiary alicyclic amines) is 1. The Labute approximate surface area is 167 Å². The van der Waals surface area contributed by atoms with Gasteiger partial charge in [-0.25, -0.2) is 4.98 Å². The summed E-state index contributed by atoms with van der Waals surface area (Å²) in [7, 11) is 1.56. The summed E-state index contributed by atoms with van der Waals surface area (Å²) in [6.07, 6.45) is 7.50. The Morgan fingerprint density at radius 3 is 2.93 bits per heavy atom. The van der Waals surface area contributed by atoms with Gasteiger partial charge in [-0.05, 0) is 30.5 Å². The van der Waals surface area contributed by atoms with Gasteiger partial charge >= 0.3 is 0 Å². The number of piperidine rings is 1. The number of H-pyrrole nitrogens is 1. The monoisotopic (exact) mass is 391 g/mol. The van der Waals surface area contributed by atoms with Crippen LogP contribution in [0.4, 0.5) is 0 Å². The predicted octanol–water partition coefficient (Wildman–Crippen LogP) is 1.90. The number of hydrogen-bond donors (Lipinski definition) is 1. The number of aromatic nitrogens is 4. The number of ether oxygens (including phenoxy) is 1. The minimum absolute atomic E-state index is 0.0241. The van der Waals surface area contributed by atoms with Gasteiger partial charge in [0.15, 0.2) is 0 Å². The summed E-state index contributed by atoms with van der Waals surface area (Å²) in [4.78, 5) is 39.3. The SMILES string of the molecule is COc1cncc(C(=O)N2C[C@@H]3C[C@H](C2)c2ccc(-c4ncc[nH]4)c(=O)n2C3)c1. The van der Waals surface area contributed by atoms with Crippen LogP contribution in [-0.4, -0.2) is 50.5 Å². The average molecular weight is 391 g/mol. The van der Waals surface area contributed by atoms with E-state index in [2.05, 4.69) is 15.0 Å². The highest BCUT2D eigenvalue weighted by molar-refractivity contribution is 5.94. The maximum absolute atomic E-state index is 13.1. The molecule has 1 amide bonds. The van der Waals surface area contributed by atoms with Crippen LogP contribution in [0.5, 0.6) is 5.75 Å². The molecule has 0 spiro atoms. The number of imidazole rings is 1. The van der Waals surface area contributed by atoms with Crippen LogP contribution >= 0.6 is 0 Å². The molecule has 8 nitrogen and oxygen atoms in total. The molecule has 2 aliphatic heterocycles. The number of carbonyl (C=O) groups is 1. The number of carbonyl (C=O) groups excluding carboxylic acids is 1. The number of rotatable bonds is 3. The first kappa shape index (κ1) is 17.7. The van der Waals surface area contributed by atoms with Gasteiger partial charge in [0.1, 0.15) is 11.6 Å². The van der Waals surface area contributed by atoms with E-state index in [0.29, 0.717) is 42.3 Å². The van der Waals surface area contributed by atoms with Gasteiger partial charge in [-0.15, -0.1) is 0 Å². The van der Waals surface area contributed by atoms with E-state index in [0.717, 1.165) is 12.1 Å². The van der Waals surface area contributed by atoms with E-state index in [9.17, 15) is 9.59 Å². The summed E-state index contributed by atoms with van der Waals surface area (Å²) in [5.74, 6) is 1.49. The van der Waals surface area contributed by atoms with Crippen molar-refractivity contribution in [2.45, 2.75) is 18.9 Å².